The van der Waals surface area contributed by atoms with Crippen LogP contribution in [0.1, 0.15) is 52.0 Å². The van der Waals surface area contributed by atoms with Gasteiger partial charge < -0.3 is 20.6 Å². The first kappa shape index (κ1) is 24.0. The second-order valence-corrected chi connectivity index (χ2v) is 9.34. The first-order chi connectivity index (χ1) is 14.0. The van der Waals surface area contributed by atoms with Gasteiger partial charge in [0.2, 0.25) is 5.91 Å². The maximum atomic E-state index is 13.2. The number of halogens is 1. The fourth-order valence-corrected chi connectivity index (χ4v) is 4.17. The number of rotatable bonds is 7. The van der Waals surface area contributed by atoms with Crippen molar-refractivity contribution in [2.45, 2.75) is 52.5 Å². The van der Waals surface area contributed by atoms with Crippen LogP contribution in [0.25, 0.3) is 0 Å². The molecular formula is C22H32ClN3O4. The molecule has 166 valence electrons. The molecule has 1 aliphatic rings. The van der Waals surface area contributed by atoms with Gasteiger partial charge in [0.05, 0.1) is 6.42 Å². The number of carbonyl (C=O) groups is 3. The van der Waals surface area contributed by atoms with E-state index in [-0.39, 0.29) is 30.2 Å². The number of piperidine rings is 1. The SMILES string of the molecule is CC(C)[C@@H](NC(=O)NCCC(=O)O)C(=O)N1CCC(c2ccc(Cl)cc2)C(C)(C)C1. The maximum Gasteiger partial charge on any atom is 0.315 e. The summed E-state index contributed by atoms with van der Waals surface area (Å²) < 4.78 is 0. The molecule has 1 heterocycles. The van der Waals surface area contributed by atoms with E-state index in [1.54, 1.807) is 0 Å². The predicted molar refractivity (Wildman–Crippen MR) is 117 cm³/mol. The molecule has 1 fully saturated rings. The number of nitrogens with one attached hydrogen (secondary N) is 2. The summed E-state index contributed by atoms with van der Waals surface area (Å²) in [6.45, 7) is 9.28. The van der Waals surface area contributed by atoms with E-state index in [4.69, 9.17) is 16.7 Å². The number of benzene rings is 1. The van der Waals surface area contributed by atoms with Crippen LogP contribution in [-0.2, 0) is 9.59 Å². The summed E-state index contributed by atoms with van der Waals surface area (Å²) in [5, 5.41) is 14.6. The average molecular weight is 438 g/mol. The van der Waals surface area contributed by atoms with Crippen molar-refractivity contribution in [1.82, 2.24) is 15.5 Å². The number of amides is 3. The highest BCUT2D eigenvalue weighted by atomic mass is 35.5. The molecule has 0 aromatic heterocycles. The highest BCUT2D eigenvalue weighted by Gasteiger charge is 2.40. The first-order valence-corrected chi connectivity index (χ1v) is 10.7. The van der Waals surface area contributed by atoms with Crippen LogP contribution in [0.4, 0.5) is 4.79 Å². The Hall–Kier alpha value is -2.28. The van der Waals surface area contributed by atoms with Crippen LogP contribution in [0.15, 0.2) is 24.3 Å². The minimum absolute atomic E-state index is 0.0136. The van der Waals surface area contributed by atoms with E-state index >= 15 is 0 Å². The lowest BCUT2D eigenvalue weighted by Crippen LogP contribution is -2.57. The molecule has 7 nitrogen and oxygen atoms in total. The van der Waals surface area contributed by atoms with E-state index in [2.05, 4.69) is 24.5 Å². The van der Waals surface area contributed by atoms with Gasteiger partial charge in [0, 0.05) is 24.7 Å². The molecular weight excluding hydrogens is 406 g/mol. The van der Waals surface area contributed by atoms with E-state index in [0.717, 1.165) is 6.42 Å². The number of nitrogens with zero attached hydrogens (tertiary/aromatic N) is 1. The number of carbonyl (C=O) groups excluding carboxylic acids is 2. The molecule has 8 heteroatoms. The van der Waals surface area contributed by atoms with Gasteiger partial charge in [0.15, 0.2) is 0 Å². The Morgan fingerprint density at radius 1 is 1.23 bits per heavy atom. The number of carboxylic acids is 1. The summed E-state index contributed by atoms with van der Waals surface area (Å²) in [7, 11) is 0. The first-order valence-electron chi connectivity index (χ1n) is 10.3. The number of hydrogen-bond donors (Lipinski definition) is 3. The topological polar surface area (TPSA) is 98.7 Å². The summed E-state index contributed by atoms with van der Waals surface area (Å²) >= 11 is 6.02. The van der Waals surface area contributed by atoms with E-state index in [1.165, 1.54) is 5.56 Å². The lowest BCUT2D eigenvalue weighted by molar-refractivity contribution is -0.138. The summed E-state index contributed by atoms with van der Waals surface area (Å²) in [4.78, 5) is 37.7. The molecule has 2 rings (SSSR count). The molecule has 1 aromatic rings. The maximum absolute atomic E-state index is 13.2. The van der Waals surface area contributed by atoms with E-state index in [0.29, 0.717) is 24.0 Å². The lowest BCUT2D eigenvalue weighted by Gasteiger charge is -2.45. The highest BCUT2D eigenvalue weighted by Crippen LogP contribution is 2.42. The molecule has 0 aliphatic carbocycles. The third-order valence-corrected chi connectivity index (χ3v) is 5.91. The Balaban J connectivity index is 2.03. The van der Waals surface area contributed by atoms with Gasteiger partial charge in [-0.2, -0.15) is 0 Å². The number of urea groups is 1. The van der Waals surface area contributed by atoms with Gasteiger partial charge in [-0.25, -0.2) is 4.79 Å². The zero-order valence-corrected chi connectivity index (χ0v) is 18.8. The molecule has 1 aliphatic heterocycles. The monoisotopic (exact) mass is 437 g/mol. The van der Waals surface area contributed by atoms with Crippen molar-refractivity contribution in [3.8, 4) is 0 Å². The molecule has 0 bridgehead atoms. The van der Waals surface area contributed by atoms with Crippen molar-refractivity contribution < 1.29 is 19.5 Å². The Morgan fingerprint density at radius 2 is 1.87 bits per heavy atom. The third kappa shape index (κ3) is 6.36. The van der Waals surface area contributed by atoms with Crippen molar-refractivity contribution in [2.24, 2.45) is 11.3 Å². The number of carboxylic acid groups (broad SMARTS) is 1. The molecule has 0 spiro atoms. The minimum Gasteiger partial charge on any atom is -0.481 e. The molecule has 1 saturated heterocycles. The number of likely N-dealkylation sites (tertiary alicyclic amines) is 1. The van der Waals surface area contributed by atoms with Gasteiger partial charge in [-0.15, -0.1) is 0 Å². The van der Waals surface area contributed by atoms with Gasteiger partial charge in [0.25, 0.3) is 0 Å². The lowest BCUT2D eigenvalue weighted by atomic mass is 9.70. The standard InChI is InChI=1S/C22H32ClN3O4/c1-14(2)19(25-21(30)24-11-9-18(27)28)20(29)26-12-10-17(22(3,4)13-26)15-5-7-16(23)8-6-15/h5-8,14,17,19H,9-13H2,1-4H3,(H,27,28)(H2,24,25,30)/t17?,19-/m1/s1. The van der Waals surface area contributed by atoms with Gasteiger partial charge in [-0.3, -0.25) is 9.59 Å². The van der Waals surface area contributed by atoms with Crippen molar-refractivity contribution in [1.29, 1.82) is 0 Å². The molecule has 30 heavy (non-hydrogen) atoms. The molecule has 1 aromatic carbocycles. The molecule has 3 amide bonds. The number of aliphatic carboxylic acids is 1. The fraction of sp³-hybridized carbons (Fsp3) is 0.591. The third-order valence-electron chi connectivity index (χ3n) is 5.66. The van der Waals surface area contributed by atoms with Crippen molar-refractivity contribution in [3.05, 3.63) is 34.9 Å². The van der Waals surface area contributed by atoms with Gasteiger partial charge in [-0.05, 0) is 41.4 Å². The molecule has 0 saturated carbocycles. The van der Waals surface area contributed by atoms with E-state index < -0.39 is 18.0 Å². The summed E-state index contributed by atoms with van der Waals surface area (Å²) in [6.07, 6.45) is 0.663. The molecule has 1 unspecified atom stereocenters. The normalized spacial score (nSPS) is 19.3. The fourth-order valence-electron chi connectivity index (χ4n) is 4.04. The van der Waals surface area contributed by atoms with Crippen LogP contribution < -0.4 is 10.6 Å². The molecule has 0 radical (unpaired) electrons. The van der Waals surface area contributed by atoms with Crippen LogP contribution in [0.2, 0.25) is 5.02 Å². The largest absolute Gasteiger partial charge is 0.481 e. The Morgan fingerprint density at radius 3 is 2.40 bits per heavy atom. The molecule has 3 N–H and O–H groups in total. The van der Waals surface area contributed by atoms with E-state index in [1.807, 2.05) is 43.0 Å². The van der Waals surface area contributed by atoms with Crippen LogP contribution in [-0.4, -0.2) is 53.6 Å². The second kappa shape index (κ2) is 10.2. The second-order valence-electron chi connectivity index (χ2n) is 8.91. The zero-order valence-electron chi connectivity index (χ0n) is 18.1. The number of hydrogen-bond acceptors (Lipinski definition) is 3. The molecule has 2 atom stereocenters. The van der Waals surface area contributed by atoms with Gasteiger partial charge >= 0.3 is 12.0 Å². The predicted octanol–water partition coefficient (Wildman–Crippen LogP) is 3.48. The average Bonchev–Trinajstić information content (AvgIpc) is 2.65. The van der Waals surface area contributed by atoms with Crippen LogP contribution in [0, 0.1) is 11.3 Å². The summed E-state index contributed by atoms with van der Waals surface area (Å²) in [5.74, 6) is -0.887. The summed E-state index contributed by atoms with van der Waals surface area (Å²) in [6, 6.07) is 6.69. The smallest absolute Gasteiger partial charge is 0.315 e. The van der Waals surface area contributed by atoms with Crippen LogP contribution in [0.3, 0.4) is 0 Å². The van der Waals surface area contributed by atoms with E-state index in [9.17, 15) is 14.4 Å². The highest BCUT2D eigenvalue weighted by molar-refractivity contribution is 6.30. The van der Waals surface area contributed by atoms with Crippen molar-refractivity contribution >= 4 is 29.5 Å². The summed E-state index contributed by atoms with van der Waals surface area (Å²) in [5.41, 5.74) is 1.08. The Kier molecular flexibility index (Phi) is 8.12. The minimum atomic E-state index is -0.988. The van der Waals surface area contributed by atoms with Crippen LogP contribution in [0.5, 0.6) is 0 Å². The quantitative estimate of drug-likeness (QED) is 0.608. The van der Waals surface area contributed by atoms with Crippen molar-refractivity contribution in [3.63, 3.8) is 0 Å². The van der Waals surface area contributed by atoms with Gasteiger partial charge in [-0.1, -0.05) is 51.4 Å². The zero-order chi connectivity index (χ0) is 22.5. The van der Waals surface area contributed by atoms with Crippen LogP contribution >= 0.6 is 11.6 Å². The van der Waals surface area contributed by atoms with Crippen molar-refractivity contribution in [2.75, 3.05) is 19.6 Å². The van der Waals surface area contributed by atoms with Gasteiger partial charge in [0.1, 0.15) is 6.04 Å². The Bertz CT molecular complexity index is 764. The Labute approximate surface area is 183 Å².